The van der Waals surface area contributed by atoms with Crippen LogP contribution in [0.15, 0.2) is 0 Å². The van der Waals surface area contributed by atoms with Gasteiger partial charge in [0.15, 0.2) is 0 Å². The lowest BCUT2D eigenvalue weighted by atomic mass is 9.83. The summed E-state index contributed by atoms with van der Waals surface area (Å²) in [5, 5.41) is 0. The summed E-state index contributed by atoms with van der Waals surface area (Å²) in [5.74, 6) is 0.792. The number of nitrogens with two attached hydrogens (primary N) is 1. The molecule has 4 nitrogen and oxygen atoms in total. The molecule has 0 spiro atoms. The third-order valence-electron chi connectivity index (χ3n) is 5.10. The molecular formula is C16H30N2O2. The van der Waals surface area contributed by atoms with Gasteiger partial charge in [-0.1, -0.05) is 19.8 Å². The molecule has 2 saturated carbocycles. The van der Waals surface area contributed by atoms with E-state index in [9.17, 15) is 4.79 Å². The second kappa shape index (κ2) is 6.44. The van der Waals surface area contributed by atoms with Crippen LogP contribution in [0.2, 0.25) is 0 Å². The third kappa shape index (κ3) is 3.34. The second-order valence-electron chi connectivity index (χ2n) is 6.78. The molecule has 0 radical (unpaired) electrons. The first-order valence-electron chi connectivity index (χ1n) is 8.15. The Morgan fingerprint density at radius 1 is 1.30 bits per heavy atom. The molecule has 20 heavy (non-hydrogen) atoms. The van der Waals surface area contributed by atoms with E-state index in [1.165, 1.54) is 25.7 Å². The zero-order valence-electron chi connectivity index (χ0n) is 13.2. The van der Waals surface area contributed by atoms with Gasteiger partial charge in [0.05, 0.1) is 6.61 Å². The molecule has 0 bridgehead atoms. The molecule has 0 saturated heterocycles. The number of rotatable bonds is 6. The van der Waals surface area contributed by atoms with E-state index in [0.717, 1.165) is 12.8 Å². The third-order valence-corrected chi connectivity index (χ3v) is 5.10. The fraction of sp³-hybridized carbons (Fsp3) is 0.938. The van der Waals surface area contributed by atoms with Crippen molar-refractivity contribution in [3.63, 3.8) is 0 Å². The minimum absolute atomic E-state index is 0.210. The summed E-state index contributed by atoms with van der Waals surface area (Å²) in [6.07, 6.45) is 7.25. The molecule has 2 aliphatic rings. The molecule has 0 amide bonds. The average Bonchev–Trinajstić information content (AvgIpc) is 3.23. The molecule has 0 aromatic carbocycles. The maximum Gasteiger partial charge on any atom is 0.327 e. The molecule has 0 heterocycles. The van der Waals surface area contributed by atoms with Gasteiger partial charge in [-0.15, -0.1) is 0 Å². The Hall–Kier alpha value is -0.610. The Morgan fingerprint density at radius 3 is 2.50 bits per heavy atom. The Bertz CT molecular complexity index is 343. The molecule has 0 aromatic rings. The number of likely N-dealkylation sites (N-methyl/N-ethyl adjacent to an activating group) is 1. The van der Waals surface area contributed by atoms with E-state index in [1.54, 1.807) is 0 Å². The van der Waals surface area contributed by atoms with Gasteiger partial charge >= 0.3 is 5.97 Å². The van der Waals surface area contributed by atoms with Crippen LogP contribution < -0.4 is 5.73 Å². The molecule has 0 aromatic heterocycles. The van der Waals surface area contributed by atoms with Crippen LogP contribution in [0.5, 0.6) is 0 Å². The number of ether oxygens (including phenoxy) is 1. The summed E-state index contributed by atoms with van der Waals surface area (Å²) in [6.45, 7) is 5.21. The Balaban J connectivity index is 2.01. The van der Waals surface area contributed by atoms with Crippen LogP contribution in [0.1, 0.15) is 52.4 Å². The number of hydrogen-bond acceptors (Lipinski definition) is 4. The number of hydrogen-bond donors (Lipinski definition) is 1. The number of carbonyl (C=O) groups is 1. The van der Waals surface area contributed by atoms with Crippen molar-refractivity contribution in [1.82, 2.24) is 4.90 Å². The smallest absolute Gasteiger partial charge is 0.327 e. The highest BCUT2D eigenvalue weighted by atomic mass is 16.5. The maximum atomic E-state index is 12.3. The monoisotopic (exact) mass is 282 g/mol. The molecular weight excluding hydrogens is 252 g/mol. The number of carbonyl (C=O) groups excluding carboxylic acids is 1. The van der Waals surface area contributed by atoms with Crippen LogP contribution in [-0.4, -0.2) is 42.6 Å². The Morgan fingerprint density at radius 2 is 1.95 bits per heavy atom. The van der Waals surface area contributed by atoms with E-state index in [2.05, 4.69) is 18.9 Å². The van der Waals surface area contributed by atoms with Crippen molar-refractivity contribution in [1.29, 1.82) is 0 Å². The van der Waals surface area contributed by atoms with Crippen LogP contribution >= 0.6 is 0 Å². The van der Waals surface area contributed by atoms with Gasteiger partial charge in [-0.05, 0) is 51.5 Å². The van der Waals surface area contributed by atoms with E-state index >= 15 is 0 Å². The van der Waals surface area contributed by atoms with E-state index in [0.29, 0.717) is 31.0 Å². The highest BCUT2D eigenvalue weighted by molar-refractivity contribution is 5.82. The van der Waals surface area contributed by atoms with Crippen molar-refractivity contribution in [3.05, 3.63) is 0 Å². The van der Waals surface area contributed by atoms with Crippen LogP contribution in [0.25, 0.3) is 0 Å². The lowest BCUT2D eigenvalue weighted by molar-refractivity contribution is -0.151. The predicted molar refractivity (Wildman–Crippen MR) is 80.3 cm³/mol. The van der Waals surface area contributed by atoms with Gasteiger partial charge < -0.3 is 15.4 Å². The summed E-state index contributed by atoms with van der Waals surface area (Å²) < 4.78 is 5.23. The quantitative estimate of drug-likeness (QED) is 0.759. The summed E-state index contributed by atoms with van der Waals surface area (Å²) in [5.41, 5.74) is 5.67. The molecule has 2 N–H and O–H groups in total. The minimum Gasteiger partial charge on any atom is -0.465 e. The van der Waals surface area contributed by atoms with Crippen molar-refractivity contribution in [2.45, 2.75) is 64.0 Å². The Labute approximate surface area is 123 Å². The van der Waals surface area contributed by atoms with Crippen LogP contribution in [0.4, 0.5) is 0 Å². The minimum atomic E-state index is -0.804. The largest absolute Gasteiger partial charge is 0.465 e. The van der Waals surface area contributed by atoms with Gasteiger partial charge in [-0.2, -0.15) is 0 Å². The highest BCUT2D eigenvalue weighted by Gasteiger charge is 2.50. The van der Waals surface area contributed by atoms with E-state index in [4.69, 9.17) is 10.5 Å². The fourth-order valence-electron chi connectivity index (χ4n) is 3.71. The summed E-state index contributed by atoms with van der Waals surface area (Å²) in [4.78, 5) is 14.6. The SMILES string of the molecule is CCOC(=O)C(N)(CN(C)C1CCCCC1C)C1CC1. The molecule has 2 aliphatic carbocycles. The lowest BCUT2D eigenvalue weighted by Crippen LogP contribution is -2.60. The summed E-state index contributed by atoms with van der Waals surface area (Å²) in [7, 11) is 2.12. The molecule has 3 atom stereocenters. The first-order valence-corrected chi connectivity index (χ1v) is 8.15. The molecule has 0 aliphatic heterocycles. The molecule has 116 valence electrons. The zero-order chi connectivity index (χ0) is 14.8. The second-order valence-corrected chi connectivity index (χ2v) is 6.78. The van der Waals surface area contributed by atoms with Gasteiger partial charge in [0.1, 0.15) is 5.54 Å². The number of nitrogens with zero attached hydrogens (tertiary/aromatic N) is 1. The van der Waals surface area contributed by atoms with E-state index in [-0.39, 0.29) is 5.97 Å². The molecule has 2 rings (SSSR count). The van der Waals surface area contributed by atoms with Crippen LogP contribution in [0.3, 0.4) is 0 Å². The fourth-order valence-corrected chi connectivity index (χ4v) is 3.71. The molecule has 4 heteroatoms. The van der Waals surface area contributed by atoms with E-state index in [1.807, 2.05) is 6.92 Å². The maximum absolute atomic E-state index is 12.3. The van der Waals surface area contributed by atoms with Crippen LogP contribution in [-0.2, 0) is 9.53 Å². The topological polar surface area (TPSA) is 55.6 Å². The summed E-state index contributed by atoms with van der Waals surface area (Å²) >= 11 is 0. The number of esters is 1. The van der Waals surface area contributed by atoms with Gasteiger partial charge in [-0.3, -0.25) is 0 Å². The van der Waals surface area contributed by atoms with Crippen molar-refractivity contribution in [2.75, 3.05) is 20.2 Å². The Kier molecular flexibility index (Phi) is 5.08. The predicted octanol–water partition coefficient (Wildman–Crippen LogP) is 2.17. The molecule has 3 unspecified atom stereocenters. The van der Waals surface area contributed by atoms with Crippen molar-refractivity contribution < 1.29 is 9.53 Å². The first kappa shape index (κ1) is 15.8. The van der Waals surface area contributed by atoms with Crippen molar-refractivity contribution in [3.8, 4) is 0 Å². The van der Waals surface area contributed by atoms with Crippen molar-refractivity contribution in [2.24, 2.45) is 17.6 Å². The lowest BCUT2D eigenvalue weighted by Gasteiger charge is -2.40. The van der Waals surface area contributed by atoms with Gasteiger partial charge in [0.2, 0.25) is 0 Å². The van der Waals surface area contributed by atoms with Gasteiger partial charge in [0, 0.05) is 12.6 Å². The molecule has 2 fully saturated rings. The van der Waals surface area contributed by atoms with Gasteiger partial charge in [0.25, 0.3) is 0 Å². The van der Waals surface area contributed by atoms with Gasteiger partial charge in [-0.25, -0.2) is 4.79 Å². The van der Waals surface area contributed by atoms with Crippen molar-refractivity contribution >= 4 is 5.97 Å². The zero-order valence-corrected chi connectivity index (χ0v) is 13.2. The summed E-state index contributed by atoms with van der Waals surface area (Å²) in [6, 6.07) is 0.555. The standard InChI is InChI=1S/C16H30N2O2/c1-4-20-15(19)16(17,13-9-10-13)11-18(3)14-8-6-5-7-12(14)2/h12-14H,4-11,17H2,1-3H3. The first-order chi connectivity index (χ1) is 9.49. The van der Waals surface area contributed by atoms with Crippen LogP contribution in [0, 0.1) is 11.8 Å². The average molecular weight is 282 g/mol. The normalized spacial score (nSPS) is 30.1. The highest BCUT2D eigenvalue weighted by Crippen LogP contribution is 2.40. The van der Waals surface area contributed by atoms with E-state index < -0.39 is 5.54 Å².